The SMILES string of the molecule is COc1ccc(S(=O)(=O)Nc2ccc(N3CCOCC3=O)cc2)cc1C. The van der Waals surface area contributed by atoms with Crippen LogP contribution >= 0.6 is 0 Å². The van der Waals surface area contributed by atoms with Crippen LogP contribution in [0.1, 0.15) is 5.56 Å². The van der Waals surface area contributed by atoms with Gasteiger partial charge in [0.05, 0.1) is 18.6 Å². The first kappa shape index (κ1) is 18.2. The molecule has 0 radical (unpaired) electrons. The molecule has 1 saturated heterocycles. The molecule has 26 heavy (non-hydrogen) atoms. The van der Waals surface area contributed by atoms with Gasteiger partial charge in [0.15, 0.2) is 0 Å². The van der Waals surface area contributed by atoms with Crippen molar-refractivity contribution in [1.29, 1.82) is 0 Å². The van der Waals surface area contributed by atoms with Crippen LogP contribution in [0, 0.1) is 6.92 Å². The lowest BCUT2D eigenvalue weighted by Crippen LogP contribution is -2.41. The zero-order valence-electron chi connectivity index (χ0n) is 14.6. The Bertz CT molecular complexity index is 910. The van der Waals surface area contributed by atoms with Gasteiger partial charge in [-0.05, 0) is 55.0 Å². The second-order valence-electron chi connectivity index (χ2n) is 5.88. The lowest BCUT2D eigenvalue weighted by Gasteiger charge is -2.26. The molecule has 0 bridgehead atoms. The van der Waals surface area contributed by atoms with Crippen LogP contribution in [-0.2, 0) is 19.6 Å². The van der Waals surface area contributed by atoms with E-state index in [0.29, 0.717) is 30.3 Å². The summed E-state index contributed by atoms with van der Waals surface area (Å²) in [5, 5.41) is 0. The van der Waals surface area contributed by atoms with Crippen LogP contribution in [0.5, 0.6) is 5.75 Å². The normalized spacial score (nSPS) is 15.0. The minimum absolute atomic E-state index is 0.0607. The predicted molar refractivity (Wildman–Crippen MR) is 98.2 cm³/mol. The van der Waals surface area contributed by atoms with Gasteiger partial charge in [-0.3, -0.25) is 9.52 Å². The summed E-state index contributed by atoms with van der Waals surface area (Å²) in [7, 11) is -2.18. The molecule has 0 unspecified atom stereocenters. The summed E-state index contributed by atoms with van der Waals surface area (Å²) in [5.74, 6) is 0.516. The highest BCUT2D eigenvalue weighted by Crippen LogP contribution is 2.24. The smallest absolute Gasteiger partial charge is 0.261 e. The molecule has 1 amide bonds. The van der Waals surface area contributed by atoms with Crippen LogP contribution in [0.2, 0.25) is 0 Å². The van der Waals surface area contributed by atoms with E-state index in [-0.39, 0.29) is 17.4 Å². The molecule has 1 aliphatic rings. The highest BCUT2D eigenvalue weighted by atomic mass is 32.2. The van der Waals surface area contributed by atoms with E-state index in [2.05, 4.69) is 4.72 Å². The number of sulfonamides is 1. The van der Waals surface area contributed by atoms with Crippen molar-refractivity contribution in [3.63, 3.8) is 0 Å². The summed E-state index contributed by atoms with van der Waals surface area (Å²) >= 11 is 0. The van der Waals surface area contributed by atoms with E-state index in [9.17, 15) is 13.2 Å². The van der Waals surface area contributed by atoms with E-state index >= 15 is 0 Å². The molecule has 1 aliphatic heterocycles. The number of aryl methyl sites for hydroxylation is 1. The monoisotopic (exact) mass is 376 g/mol. The van der Waals surface area contributed by atoms with Crippen molar-refractivity contribution in [3.05, 3.63) is 48.0 Å². The van der Waals surface area contributed by atoms with Crippen molar-refractivity contribution in [3.8, 4) is 5.75 Å². The quantitative estimate of drug-likeness (QED) is 0.864. The molecule has 1 fully saturated rings. The third-order valence-corrected chi connectivity index (χ3v) is 5.47. The van der Waals surface area contributed by atoms with E-state index in [1.165, 1.54) is 13.2 Å². The zero-order valence-corrected chi connectivity index (χ0v) is 15.4. The maximum atomic E-state index is 12.6. The molecule has 0 spiro atoms. The molecule has 1 heterocycles. The van der Waals surface area contributed by atoms with E-state index in [1.807, 2.05) is 0 Å². The first-order valence-electron chi connectivity index (χ1n) is 8.06. The Kier molecular flexibility index (Phi) is 5.15. The lowest BCUT2D eigenvalue weighted by molar-refractivity contribution is -0.125. The van der Waals surface area contributed by atoms with Gasteiger partial charge in [-0.2, -0.15) is 0 Å². The first-order chi connectivity index (χ1) is 12.4. The van der Waals surface area contributed by atoms with E-state index in [1.54, 1.807) is 48.2 Å². The van der Waals surface area contributed by atoms with Crippen LogP contribution in [0.15, 0.2) is 47.4 Å². The van der Waals surface area contributed by atoms with Gasteiger partial charge in [-0.1, -0.05) is 0 Å². The molecule has 3 rings (SSSR count). The highest BCUT2D eigenvalue weighted by Gasteiger charge is 2.20. The Balaban J connectivity index is 1.77. The zero-order chi connectivity index (χ0) is 18.7. The third kappa shape index (κ3) is 3.81. The number of hydrogen-bond donors (Lipinski definition) is 1. The molecule has 2 aromatic carbocycles. The minimum Gasteiger partial charge on any atom is -0.496 e. The molecule has 138 valence electrons. The average molecular weight is 376 g/mol. The summed E-state index contributed by atoms with van der Waals surface area (Å²) in [6.07, 6.45) is 0. The molecular formula is C18H20N2O5S. The second-order valence-corrected chi connectivity index (χ2v) is 7.56. The summed E-state index contributed by atoms with van der Waals surface area (Å²) in [4.78, 5) is 13.6. The van der Waals surface area contributed by atoms with Gasteiger partial charge in [-0.15, -0.1) is 0 Å². The third-order valence-electron chi connectivity index (χ3n) is 4.09. The van der Waals surface area contributed by atoms with Crippen LogP contribution in [-0.4, -0.2) is 41.2 Å². The number of ether oxygens (including phenoxy) is 2. The number of morpholine rings is 1. The molecule has 2 aromatic rings. The maximum absolute atomic E-state index is 12.6. The number of anilines is 2. The van der Waals surface area contributed by atoms with Gasteiger partial charge >= 0.3 is 0 Å². The molecule has 0 saturated carbocycles. The topological polar surface area (TPSA) is 84.9 Å². The van der Waals surface area contributed by atoms with Crippen LogP contribution in [0.4, 0.5) is 11.4 Å². The largest absolute Gasteiger partial charge is 0.496 e. The van der Waals surface area contributed by atoms with E-state index < -0.39 is 10.0 Å². The molecular weight excluding hydrogens is 356 g/mol. The minimum atomic E-state index is -3.72. The standard InChI is InChI=1S/C18H20N2O5S/c1-13-11-16(7-8-17(13)24-2)26(22,23)19-14-3-5-15(6-4-14)20-9-10-25-12-18(20)21/h3-8,11,19H,9-10,12H2,1-2H3. The molecule has 0 atom stereocenters. The number of methoxy groups -OCH3 is 1. The maximum Gasteiger partial charge on any atom is 0.261 e. The number of carbonyl (C=O) groups is 1. The van der Waals surface area contributed by atoms with Crippen molar-refractivity contribution in [2.45, 2.75) is 11.8 Å². The Morgan fingerprint density at radius 3 is 2.50 bits per heavy atom. The first-order valence-corrected chi connectivity index (χ1v) is 9.54. The number of nitrogens with one attached hydrogen (secondary N) is 1. The van der Waals surface area contributed by atoms with Gasteiger partial charge in [0, 0.05) is 17.9 Å². The predicted octanol–water partition coefficient (Wildman–Crippen LogP) is 2.17. The number of benzene rings is 2. The van der Waals surface area contributed by atoms with Gasteiger partial charge in [0.25, 0.3) is 15.9 Å². The molecule has 0 aromatic heterocycles. The number of rotatable bonds is 5. The molecule has 1 N–H and O–H groups in total. The number of carbonyl (C=O) groups excluding carboxylic acids is 1. The van der Waals surface area contributed by atoms with Gasteiger partial charge in [-0.25, -0.2) is 8.42 Å². The van der Waals surface area contributed by atoms with Gasteiger partial charge in [0.1, 0.15) is 12.4 Å². The van der Waals surface area contributed by atoms with Crippen LogP contribution in [0.3, 0.4) is 0 Å². The van der Waals surface area contributed by atoms with Crippen molar-refractivity contribution in [2.24, 2.45) is 0 Å². The van der Waals surface area contributed by atoms with Gasteiger partial charge < -0.3 is 14.4 Å². The lowest BCUT2D eigenvalue weighted by atomic mass is 10.2. The van der Waals surface area contributed by atoms with Crippen LogP contribution in [0.25, 0.3) is 0 Å². The van der Waals surface area contributed by atoms with Crippen molar-refractivity contribution >= 4 is 27.3 Å². The molecule has 8 heteroatoms. The highest BCUT2D eigenvalue weighted by molar-refractivity contribution is 7.92. The fourth-order valence-electron chi connectivity index (χ4n) is 2.73. The Hall–Kier alpha value is -2.58. The summed E-state index contributed by atoms with van der Waals surface area (Å²) in [5.41, 5.74) is 1.86. The number of nitrogens with zero attached hydrogens (tertiary/aromatic N) is 1. The van der Waals surface area contributed by atoms with Gasteiger partial charge in [0.2, 0.25) is 0 Å². The van der Waals surface area contributed by atoms with E-state index in [0.717, 1.165) is 5.56 Å². The fourth-order valence-corrected chi connectivity index (χ4v) is 3.88. The number of amides is 1. The summed E-state index contributed by atoms with van der Waals surface area (Å²) in [6.45, 7) is 2.81. The van der Waals surface area contributed by atoms with Crippen molar-refractivity contribution in [2.75, 3.05) is 36.5 Å². The van der Waals surface area contributed by atoms with Crippen LogP contribution < -0.4 is 14.4 Å². The molecule has 0 aliphatic carbocycles. The van der Waals surface area contributed by atoms with E-state index in [4.69, 9.17) is 9.47 Å². The summed E-state index contributed by atoms with van der Waals surface area (Å²) < 4.78 is 37.9. The average Bonchev–Trinajstić information content (AvgIpc) is 2.62. The fraction of sp³-hybridized carbons (Fsp3) is 0.278. The summed E-state index contributed by atoms with van der Waals surface area (Å²) in [6, 6.07) is 11.4. The Morgan fingerprint density at radius 1 is 1.15 bits per heavy atom. The second kappa shape index (κ2) is 7.35. The Morgan fingerprint density at radius 2 is 1.88 bits per heavy atom. The molecule has 7 nitrogen and oxygen atoms in total. The Labute approximate surface area is 152 Å². The van der Waals surface area contributed by atoms with Crippen molar-refractivity contribution < 1.29 is 22.7 Å². The number of hydrogen-bond acceptors (Lipinski definition) is 5. The van der Waals surface area contributed by atoms with Crippen molar-refractivity contribution in [1.82, 2.24) is 0 Å².